The number of pyridine rings is 1. The number of nitrogens with zero attached hydrogens (tertiary/aromatic N) is 1. The van der Waals surface area contributed by atoms with Crippen LogP contribution < -0.4 is 4.74 Å². The quantitative estimate of drug-likeness (QED) is 0.727. The van der Waals surface area contributed by atoms with Gasteiger partial charge >= 0.3 is 0 Å². The monoisotopic (exact) mass is 231 g/mol. The Bertz CT molecular complexity index is 429. The highest BCUT2D eigenvalue weighted by atomic mass is 32.2. The third kappa shape index (κ3) is 3.49. The van der Waals surface area contributed by atoms with E-state index in [1.165, 1.54) is 7.11 Å². The van der Waals surface area contributed by atoms with Crippen molar-refractivity contribution in [1.29, 1.82) is 0 Å². The van der Waals surface area contributed by atoms with Gasteiger partial charge in [0.1, 0.15) is 6.10 Å². The summed E-state index contributed by atoms with van der Waals surface area (Å²) in [5, 5.41) is 0. The molecular weight excluding hydrogens is 218 g/mol. The fourth-order valence-corrected chi connectivity index (χ4v) is 1.83. The van der Waals surface area contributed by atoms with E-state index in [9.17, 15) is 8.42 Å². The van der Waals surface area contributed by atoms with Crippen LogP contribution in [0.3, 0.4) is 0 Å². The van der Waals surface area contributed by atoms with Crippen LogP contribution in [0.25, 0.3) is 0 Å². The van der Waals surface area contributed by atoms with E-state index in [4.69, 9.17) is 8.92 Å². The van der Waals surface area contributed by atoms with Gasteiger partial charge in [0.05, 0.1) is 13.4 Å². The van der Waals surface area contributed by atoms with Gasteiger partial charge in [0, 0.05) is 11.8 Å². The van der Waals surface area contributed by atoms with E-state index in [0.29, 0.717) is 11.4 Å². The molecule has 6 heteroatoms. The molecule has 0 N–H and O–H groups in total. The molecule has 0 saturated heterocycles. The average molecular weight is 231 g/mol. The lowest BCUT2D eigenvalue weighted by Crippen LogP contribution is -2.09. The van der Waals surface area contributed by atoms with Gasteiger partial charge in [-0.25, -0.2) is 4.98 Å². The molecule has 0 aliphatic carbocycles. The van der Waals surface area contributed by atoms with Crippen LogP contribution in [0.2, 0.25) is 0 Å². The summed E-state index contributed by atoms with van der Waals surface area (Å²) in [5.74, 6) is 0.369. The molecule has 0 bridgehead atoms. The molecule has 1 unspecified atom stereocenters. The maximum atomic E-state index is 10.9. The van der Waals surface area contributed by atoms with Crippen molar-refractivity contribution >= 4 is 10.1 Å². The minimum atomic E-state index is -3.48. The highest BCUT2D eigenvalue weighted by molar-refractivity contribution is 7.86. The first kappa shape index (κ1) is 11.9. The Morgan fingerprint density at radius 3 is 2.67 bits per heavy atom. The standard InChI is InChI=1S/C9H13NO4S/c1-7(14-15(3,11)12)8-5-4-6-10-9(8)13-2/h4-7H,1-3H3. The van der Waals surface area contributed by atoms with Gasteiger partial charge < -0.3 is 4.74 Å². The summed E-state index contributed by atoms with van der Waals surface area (Å²) in [6, 6.07) is 3.40. The Morgan fingerprint density at radius 1 is 1.47 bits per heavy atom. The van der Waals surface area contributed by atoms with Crippen molar-refractivity contribution in [2.75, 3.05) is 13.4 Å². The lowest BCUT2D eigenvalue weighted by Gasteiger charge is -2.13. The molecule has 0 spiro atoms. The fourth-order valence-electron chi connectivity index (χ4n) is 1.20. The van der Waals surface area contributed by atoms with Crippen LogP contribution in [0, 0.1) is 0 Å². The molecule has 0 aliphatic heterocycles. The molecule has 5 nitrogen and oxygen atoms in total. The molecule has 0 fully saturated rings. The van der Waals surface area contributed by atoms with Crippen molar-refractivity contribution in [1.82, 2.24) is 4.98 Å². The van der Waals surface area contributed by atoms with Gasteiger partial charge in [0.15, 0.2) is 0 Å². The molecule has 0 aromatic carbocycles. The number of aromatic nitrogens is 1. The van der Waals surface area contributed by atoms with E-state index in [1.54, 1.807) is 25.3 Å². The molecule has 0 amide bonds. The average Bonchev–Trinajstić information content (AvgIpc) is 2.15. The highest BCUT2D eigenvalue weighted by Crippen LogP contribution is 2.25. The van der Waals surface area contributed by atoms with Crippen molar-refractivity contribution in [2.45, 2.75) is 13.0 Å². The van der Waals surface area contributed by atoms with E-state index in [0.717, 1.165) is 6.26 Å². The summed E-state index contributed by atoms with van der Waals surface area (Å²) in [7, 11) is -2.01. The number of rotatable bonds is 4. The molecule has 0 saturated carbocycles. The first-order valence-electron chi connectivity index (χ1n) is 4.31. The Morgan fingerprint density at radius 2 is 2.13 bits per heavy atom. The first-order valence-corrected chi connectivity index (χ1v) is 6.13. The van der Waals surface area contributed by atoms with Gasteiger partial charge in [0.2, 0.25) is 5.88 Å². The van der Waals surface area contributed by atoms with Crippen LogP contribution in [0.1, 0.15) is 18.6 Å². The minimum absolute atomic E-state index is 0.369. The van der Waals surface area contributed by atoms with Gasteiger partial charge in [-0.1, -0.05) is 0 Å². The maximum Gasteiger partial charge on any atom is 0.264 e. The second kappa shape index (κ2) is 4.59. The molecule has 1 atom stereocenters. The number of ether oxygens (including phenoxy) is 1. The molecule has 1 rings (SSSR count). The molecular formula is C9H13NO4S. The van der Waals surface area contributed by atoms with E-state index in [2.05, 4.69) is 4.98 Å². The topological polar surface area (TPSA) is 65.5 Å². The summed E-state index contributed by atoms with van der Waals surface area (Å²) < 4.78 is 31.7. The lowest BCUT2D eigenvalue weighted by molar-refractivity contribution is 0.229. The zero-order valence-corrected chi connectivity index (χ0v) is 9.61. The number of hydrogen-bond donors (Lipinski definition) is 0. The number of methoxy groups -OCH3 is 1. The van der Waals surface area contributed by atoms with Crippen LogP contribution >= 0.6 is 0 Å². The second-order valence-corrected chi connectivity index (χ2v) is 4.65. The van der Waals surface area contributed by atoms with Gasteiger partial charge in [-0.3, -0.25) is 4.18 Å². The molecule has 84 valence electrons. The van der Waals surface area contributed by atoms with E-state index < -0.39 is 16.2 Å². The van der Waals surface area contributed by atoms with Crippen LogP contribution in [-0.2, 0) is 14.3 Å². The van der Waals surface area contributed by atoms with Crippen LogP contribution in [-0.4, -0.2) is 26.8 Å². The predicted octanol–water partition coefficient (Wildman–Crippen LogP) is 1.13. The Hall–Kier alpha value is -1.14. The maximum absolute atomic E-state index is 10.9. The molecule has 0 radical (unpaired) electrons. The van der Waals surface area contributed by atoms with E-state index in [-0.39, 0.29) is 0 Å². The first-order chi connectivity index (χ1) is 6.94. The summed E-state index contributed by atoms with van der Waals surface area (Å²) in [6.07, 6.45) is 1.96. The van der Waals surface area contributed by atoms with Crippen molar-refractivity contribution in [3.05, 3.63) is 23.9 Å². The van der Waals surface area contributed by atoms with Gasteiger partial charge in [-0.05, 0) is 19.1 Å². The summed E-state index contributed by atoms with van der Waals surface area (Å²) in [4.78, 5) is 3.95. The largest absolute Gasteiger partial charge is 0.481 e. The van der Waals surface area contributed by atoms with Crippen molar-refractivity contribution in [3.8, 4) is 5.88 Å². The smallest absolute Gasteiger partial charge is 0.264 e. The SMILES string of the molecule is COc1ncccc1C(C)OS(C)(=O)=O. The molecule has 15 heavy (non-hydrogen) atoms. The zero-order chi connectivity index (χ0) is 11.5. The van der Waals surface area contributed by atoms with Gasteiger partial charge in [-0.15, -0.1) is 0 Å². The summed E-state index contributed by atoms with van der Waals surface area (Å²) in [6.45, 7) is 1.63. The van der Waals surface area contributed by atoms with E-state index in [1.807, 2.05) is 0 Å². The van der Waals surface area contributed by atoms with Gasteiger partial charge in [0.25, 0.3) is 10.1 Å². The lowest BCUT2D eigenvalue weighted by atomic mass is 10.2. The Balaban J connectivity index is 2.95. The molecule has 1 aromatic rings. The van der Waals surface area contributed by atoms with Crippen molar-refractivity contribution < 1.29 is 17.3 Å². The predicted molar refractivity (Wildman–Crippen MR) is 55.1 cm³/mol. The molecule has 1 heterocycles. The van der Waals surface area contributed by atoms with Gasteiger partial charge in [-0.2, -0.15) is 8.42 Å². The van der Waals surface area contributed by atoms with Crippen molar-refractivity contribution in [2.24, 2.45) is 0 Å². The fraction of sp³-hybridized carbons (Fsp3) is 0.444. The van der Waals surface area contributed by atoms with Crippen LogP contribution in [0.15, 0.2) is 18.3 Å². The summed E-state index contributed by atoms with van der Waals surface area (Å²) in [5.41, 5.74) is 0.602. The zero-order valence-electron chi connectivity index (χ0n) is 8.80. The third-order valence-corrected chi connectivity index (χ3v) is 2.39. The molecule has 0 aliphatic rings. The van der Waals surface area contributed by atoms with Crippen molar-refractivity contribution in [3.63, 3.8) is 0 Å². The Labute approximate surface area is 89.2 Å². The van der Waals surface area contributed by atoms with Crippen LogP contribution in [0.4, 0.5) is 0 Å². The minimum Gasteiger partial charge on any atom is -0.481 e. The second-order valence-electron chi connectivity index (χ2n) is 3.04. The highest BCUT2D eigenvalue weighted by Gasteiger charge is 2.16. The third-order valence-electron chi connectivity index (χ3n) is 1.75. The van der Waals surface area contributed by atoms with Crippen LogP contribution in [0.5, 0.6) is 5.88 Å². The van der Waals surface area contributed by atoms with E-state index >= 15 is 0 Å². The number of hydrogen-bond acceptors (Lipinski definition) is 5. The Kier molecular flexibility index (Phi) is 3.65. The normalized spacial score (nSPS) is 13.5. The summed E-state index contributed by atoms with van der Waals surface area (Å²) >= 11 is 0. The molecule has 1 aromatic heterocycles.